The lowest BCUT2D eigenvalue weighted by atomic mass is 9.94. The van der Waals surface area contributed by atoms with Crippen molar-refractivity contribution in [1.29, 1.82) is 0 Å². The van der Waals surface area contributed by atoms with Crippen LogP contribution in [0.3, 0.4) is 0 Å². The summed E-state index contributed by atoms with van der Waals surface area (Å²) < 4.78 is 23.6. The van der Waals surface area contributed by atoms with Crippen LogP contribution in [0.25, 0.3) is 10.9 Å². The monoisotopic (exact) mass is 349 g/mol. The third-order valence-electron chi connectivity index (χ3n) is 4.82. The lowest BCUT2D eigenvalue weighted by Gasteiger charge is -2.41. The van der Waals surface area contributed by atoms with Gasteiger partial charge in [-0.3, -0.25) is 0 Å². The van der Waals surface area contributed by atoms with Gasteiger partial charge in [0.25, 0.3) is 10.2 Å². The summed E-state index contributed by atoms with van der Waals surface area (Å²) in [6.45, 7) is 6.41. The number of benzene rings is 1. The Labute approximate surface area is 142 Å². The van der Waals surface area contributed by atoms with Crippen LogP contribution in [0.15, 0.2) is 18.3 Å². The first-order chi connectivity index (χ1) is 11.3. The molecular weight excluding hydrogens is 326 g/mol. The molecular formula is C16H23N5O2S. The maximum atomic E-state index is 11.2. The first kappa shape index (κ1) is 17.1. The third-order valence-corrected chi connectivity index (χ3v) is 5.87. The van der Waals surface area contributed by atoms with Crippen molar-refractivity contribution in [3.8, 4) is 0 Å². The molecule has 1 aliphatic heterocycles. The summed E-state index contributed by atoms with van der Waals surface area (Å²) in [4.78, 5) is 2.27. The van der Waals surface area contributed by atoms with E-state index in [1.54, 1.807) is 0 Å². The molecule has 0 radical (unpaired) electrons. The molecule has 2 heterocycles. The number of hydrogen-bond acceptors (Lipinski definition) is 5. The molecule has 3 rings (SSSR count). The molecule has 2 aromatic rings. The van der Waals surface area contributed by atoms with Crippen LogP contribution in [0.1, 0.15) is 17.5 Å². The molecule has 7 nitrogen and oxygen atoms in total. The lowest BCUT2D eigenvalue weighted by Crippen LogP contribution is -2.48. The van der Waals surface area contributed by atoms with E-state index in [1.165, 1.54) is 22.5 Å². The van der Waals surface area contributed by atoms with E-state index in [9.17, 15) is 8.42 Å². The summed E-state index contributed by atoms with van der Waals surface area (Å²) in [5.41, 5.74) is 4.46. The molecule has 1 aromatic carbocycles. The van der Waals surface area contributed by atoms with E-state index in [0.29, 0.717) is 12.5 Å². The predicted octanol–water partition coefficient (Wildman–Crippen LogP) is 1.21. The number of hydrogen-bond donors (Lipinski definition) is 1. The number of rotatable bonds is 5. The molecule has 0 atom stereocenters. The fourth-order valence-electron chi connectivity index (χ4n) is 3.00. The number of aromatic nitrogens is 2. The van der Waals surface area contributed by atoms with Gasteiger partial charge in [0.05, 0.1) is 17.4 Å². The number of nitrogens with two attached hydrogens (primary N) is 1. The topological polar surface area (TPSA) is 92.4 Å². The average Bonchev–Trinajstić information content (AvgIpc) is 2.46. The van der Waals surface area contributed by atoms with Crippen LogP contribution in [0.2, 0.25) is 0 Å². The van der Waals surface area contributed by atoms with Crippen LogP contribution < -0.4 is 10.0 Å². The summed E-state index contributed by atoms with van der Waals surface area (Å²) in [5.74, 6) is 0.462. The minimum atomic E-state index is -3.58. The summed E-state index contributed by atoms with van der Waals surface area (Å²) in [6, 6.07) is 4.23. The number of anilines is 1. The number of aryl methyl sites for hydroxylation is 2. The van der Waals surface area contributed by atoms with Crippen LogP contribution >= 0.6 is 0 Å². The van der Waals surface area contributed by atoms with Crippen LogP contribution in [0, 0.1) is 19.8 Å². The first-order valence-corrected chi connectivity index (χ1v) is 9.47. The molecule has 1 saturated heterocycles. The van der Waals surface area contributed by atoms with E-state index < -0.39 is 10.2 Å². The normalized spacial score (nSPS) is 16.0. The van der Waals surface area contributed by atoms with E-state index in [0.717, 1.165) is 36.1 Å². The molecule has 0 aliphatic carbocycles. The minimum absolute atomic E-state index is 0.449. The predicted molar refractivity (Wildman–Crippen MR) is 95.1 cm³/mol. The Kier molecular flexibility index (Phi) is 4.46. The zero-order valence-electron chi connectivity index (χ0n) is 14.2. The van der Waals surface area contributed by atoms with Gasteiger partial charge in [-0.15, -0.1) is 0 Å². The molecule has 0 saturated carbocycles. The zero-order valence-corrected chi connectivity index (χ0v) is 15.0. The van der Waals surface area contributed by atoms with Gasteiger partial charge in [0.2, 0.25) is 0 Å². The highest BCUT2D eigenvalue weighted by molar-refractivity contribution is 7.86. The molecule has 1 aromatic heterocycles. The van der Waals surface area contributed by atoms with Crippen molar-refractivity contribution in [3.63, 3.8) is 0 Å². The highest BCUT2D eigenvalue weighted by Crippen LogP contribution is 2.32. The van der Waals surface area contributed by atoms with Crippen molar-refractivity contribution in [3.05, 3.63) is 29.5 Å². The lowest BCUT2D eigenvalue weighted by molar-refractivity contribution is 0.345. The van der Waals surface area contributed by atoms with Gasteiger partial charge in [0.1, 0.15) is 0 Å². The Bertz CT molecular complexity index is 862. The Morgan fingerprint density at radius 2 is 1.96 bits per heavy atom. The SMILES string of the molecule is Cc1cc2nncc(N3CC(CCN(C)S(N)(=O)=O)C3)c2cc1C. The van der Waals surface area contributed by atoms with Crippen LogP contribution in [-0.4, -0.2) is 49.6 Å². The Morgan fingerprint density at radius 1 is 1.29 bits per heavy atom. The second-order valence-corrected chi connectivity index (χ2v) is 8.26. The van der Waals surface area contributed by atoms with Gasteiger partial charge in [0, 0.05) is 32.1 Å². The van der Waals surface area contributed by atoms with Crippen molar-refractivity contribution in [2.75, 3.05) is 31.6 Å². The van der Waals surface area contributed by atoms with Crippen molar-refractivity contribution in [2.24, 2.45) is 11.1 Å². The van der Waals surface area contributed by atoms with Crippen molar-refractivity contribution in [2.45, 2.75) is 20.3 Å². The summed E-state index contributed by atoms with van der Waals surface area (Å²) in [5, 5.41) is 14.6. The minimum Gasteiger partial charge on any atom is -0.369 e. The smallest absolute Gasteiger partial charge is 0.276 e. The Balaban J connectivity index is 1.68. The molecule has 0 bridgehead atoms. The fraction of sp³-hybridized carbons (Fsp3) is 0.500. The molecule has 130 valence electrons. The van der Waals surface area contributed by atoms with Crippen LogP contribution in [-0.2, 0) is 10.2 Å². The Hall–Kier alpha value is -1.77. The van der Waals surface area contributed by atoms with E-state index >= 15 is 0 Å². The second kappa shape index (κ2) is 6.27. The molecule has 0 spiro atoms. The van der Waals surface area contributed by atoms with E-state index in [2.05, 4.69) is 41.1 Å². The van der Waals surface area contributed by atoms with E-state index in [1.807, 2.05) is 6.20 Å². The molecule has 24 heavy (non-hydrogen) atoms. The summed E-state index contributed by atoms with van der Waals surface area (Å²) in [7, 11) is -2.07. The third kappa shape index (κ3) is 3.35. The van der Waals surface area contributed by atoms with Gasteiger partial charge in [-0.1, -0.05) is 0 Å². The maximum Gasteiger partial charge on any atom is 0.276 e. The van der Waals surface area contributed by atoms with Gasteiger partial charge in [0.15, 0.2) is 0 Å². The standard InChI is InChI=1S/C16H23N5O2S/c1-11-6-14-15(7-12(11)2)19-18-8-16(14)21-9-13(10-21)4-5-20(3)24(17,22)23/h6-8,13H,4-5,9-10H2,1-3H3,(H2,17,22,23). The molecule has 0 unspecified atom stereocenters. The largest absolute Gasteiger partial charge is 0.369 e. The average molecular weight is 349 g/mol. The van der Waals surface area contributed by atoms with E-state index in [4.69, 9.17) is 5.14 Å². The van der Waals surface area contributed by atoms with Gasteiger partial charge in [-0.25, -0.2) is 5.14 Å². The highest BCUT2D eigenvalue weighted by Gasteiger charge is 2.29. The molecule has 1 fully saturated rings. The van der Waals surface area contributed by atoms with Crippen LogP contribution in [0.4, 0.5) is 5.69 Å². The fourth-order valence-corrected chi connectivity index (χ4v) is 3.36. The number of fused-ring (bicyclic) bond motifs is 1. The molecule has 1 aliphatic rings. The van der Waals surface area contributed by atoms with Gasteiger partial charge >= 0.3 is 0 Å². The van der Waals surface area contributed by atoms with Crippen molar-refractivity contribution >= 4 is 26.8 Å². The maximum absolute atomic E-state index is 11.2. The van der Waals surface area contributed by atoms with Gasteiger partial charge in [-0.2, -0.15) is 22.9 Å². The summed E-state index contributed by atoms with van der Waals surface area (Å²) in [6.07, 6.45) is 2.61. The zero-order chi connectivity index (χ0) is 17.5. The summed E-state index contributed by atoms with van der Waals surface area (Å²) >= 11 is 0. The molecule has 2 N–H and O–H groups in total. The van der Waals surface area contributed by atoms with Crippen molar-refractivity contribution < 1.29 is 8.42 Å². The first-order valence-electron chi connectivity index (χ1n) is 7.97. The molecule has 0 amide bonds. The van der Waals surface area contributed by atoms with Gasteiger partial charge < -0.3 is 4.90 Å². The number of nitrogens with zero attached hydrogens (tertiary/aromatic N) is 4. The van der Waals surface area contributed by atoms with E-state index in [-0.39, 0.29) is 0 Å². The van der Waals surface area contributed by atoms with Crippen molar-refractivity contribution in [1.82, 2.24) is 14.5 Å². The highest BCUT2D eigenvalue weighted by atomic mass is 32.2. The Morgan fingerprint density at radius 3 is 2.62 bits per heavy atom. The second-order valence-electron chi connectivity index (χ2n) is 6.61. The molecule has 8 heteroatoms. The quantitative estimate of drug-likeness (QED) is 0.876. The van der Waals surface area contributed by atoms with Crippen LogP contribution in [0.5, 0.6) is 0 Å². The van der Waals surface area contributed by atoms with Gasteiger partial charge in [-0.05, 0) is 49.4 Å².